The number of carboxylic acids is 1. The fourth-order valence-electron chi connectivity index (χ4n) is 0.656. The second kappa shape index (κ2) is 6.24. The molecule has 0 radical (unpaired) electrons. The summed E-state index contributed by atoms with van der Waals surface area (Å²) in [4.78, 5) is 21.3. The van der Waals surface area contributed by atoms with Gasteiger partial charge in [0.15, 0.2) is 6.04 Å². The molecule has 0 aliphatic heterocycles. The molecule has 1 unspecified atom stereocenters. The summed E-state index contributed by atoms with van der Waals surface area (Å²) in [6.45, 7) is 1.74. The Balaban J connectivity index is 3.94. The number of ether oxygens (including phenoxy) is 2. The topological polar surface area (TPSA) is 84.9 Å². The van der Waals surface area contributed by atoms with Gasteiger partial charge in [0.1, 0.15) is 0 Å². The number of rotatable bonds is 5. The summed E-state index contributed by atoms with van der Waals surface area (Å²) < 4.78 is 9.09. The van der Waals surface area contributed by atoms with Crippen molar-refractivity contribution in [2.75, 3.05) is 20.3 Å². The number of alkyl carbamates (subject to hydrolysis) is 1. The van der Waals surface area contributed by atoms with Crippen LogP contribution in [-0.4, -0.2) is 43.5 Å². The lowest BCUT2D eigenvalue weighted by atomic mass is 10.3. The summed E-state index contributed by atoms with van der Waals surface area (Å²) in [5.41, 5.74) is 0. The van der Waals surface area contributed by atoms with Crippen LogP contribution in [-0.2, 0) is 14.3 Å². The van der Waals surface area contributed by atoms with Crippen molar-refractivity contribution >= 4 is 12.1 Å². The SMILES string of the molecule is CCOC(=O)NC(COC)C(=O)O. The molecule has 6 heteroatoms. The minimum atomic E-state index is -1.16. The molecular weight excluding hydrogens is 178 g/mol. The van der Waals surface area contributed by atoms with Crippen molar-refractivity contribution in [1.82, 2.24) is 5.32 Å². The van der Waals surface area contributed by atoms with Gasteiger partial charge in [-0.1, -0.05) is 0 Å². The fourth-order valence-corrected chi connectivity index (χ4v) is 0.656. The number of amides is 1. The number of carboxylic acid groups (broad SMARTS) is 1. The summed E-state index contributed by atoms with van der Waals surface area (Å²) in [5.74, 6) is -1.16. The van der Waals surface area contributed by atoms with Crippen LogP contribution in [0, 0.1) is 0 Å². The van der Waals surface area contributed by atoms with Gasteiger partial charge in [-0.25, -0.2) is 9.59 Å². The third-order valence-electron chi connectivity index (χ3n) is 1.20. The minimum Gasteiger partial charge on any atom is -0.480 e. The fraction of sp³-hybridized carbons (Fsp3) is 0.714. The number of hydrogen-bond acceptors (Lipinski definition) is 4. The first kappa shape index (κ1) is 11.7. The normalized spacial score (nSPS) is 11.8. The van der Waals surface area contributed by atoms with Gasteiger partial charge in [0.2, 0.25) is 0 Å². The van der Waals surface area contributed by atoms with Gasteiger partial charge in [0, 0.05) is 7.11 Å². The molecule has 0 spiro atoms. The van der Waals surface area contributed by atoms with Crippen molar-refractivity contribution in [2.45, 2.75) is 13.0 Å². The van der Waals surface area contributed by atoms with Crippen LogP contribution < -0.4 is 5.32 Å². The van der Waals surface area contributed by atoms with Crippen LogP contribution >= 0.6 is 0 Å². The predicted molar refractivity (Wildman–Crippen MR) is 43.5 cm³/mol. The van der Waals surface area contributed by atoms with E-state index in [1.807, 2.05) is 0 Å². The predicted octanol–water partition coefficient (Wildman–Crippen LogP) is -0.168. The van der Waals surface area contributed by atoms with E-state index < -0.39 is 18.1 Å². The Morgan fingerprint density at radius 1 is 1.54 bits per heavy atom. The highest BCUT2D eigenvalue weighted by molar-refractivity contribution is 5.79. The quantitative estimate of drug-likeness (QED) is 0.630. The second-order valence-corrected chi connectivity index (χ2v) is 2.21. The van der Waals surface area contributed by atoms with Crippen molar-refractivity contribution in [1.29, 1.82) is 0 Å². The van der Waals surface area contributed by atoms with Crippen LogP contribution in [0.5, 0.6) is 0 Å². The van der Waals surface area contributed by atoms with E-state index in [9.17, 15) is 9.59 Å². The zero-order chi connectivity index (χ0) is 10.3. The minimum absolute atomic E-state index is 0.0891. The van der Waals surface area contributed by atoms with E-state index in [2.05, 4.69) is 14.8 Å². The molecule has 0 aromatic heterocycles. The Bertz CT molecular complexity index is 182. The van der Waals surface area contributed by atoms with Crippen molar-refractivity contribution in [3.05, 3.63) is 0 Å². The van der Waals surface area contributed by atoms with Gasteiger partial charge >= 0.3 is 12.1 Å². The van der Waals surface area contributed by atoms with Crippen LogP contribution in [0.25, 0.3) is 0 Å². The van der Waals surface area contributed by atoms with Crippen molar-refractivity contribution in [3.8, 4) is 0 Å². The highest BCUT2D eigenvalue weighted by atomic mass is 16.5. The number of methoxy groups -OCH3 is 1. The molecule has 1 amide bonds. The molecule has 0 aromatic rings. The molecule has 13 heavy (non-hydrogen) atoms. The molecule has 0 aromatic carbocycles. The molecular formula is C7H13NO5. The molecule has 0 fully saturated rings. The molecule has 0 rings (SSSR count). The Hall–Kier alpha value is -1.30. The monoisotopic (exact) mass is 191 g/mol. The summed E-state index contributed by atoms with van der Waals surface area (Å²) in [5, 5.41) is 10.7. The highest BCUT2D eigenvalue weighted by Gasteiger charge is 2.19. The van der Waals surface area contributed by atoms with Gasteiger partial charge in [-0.2, -0.15) is 0 Å². The maximum atomic E-state index is 10.8. The summed E-state index contributed by atoms with van der Waals surface area (Å²) in [6.07, 6.45) is -0.757. The number of aliphatic carboxylic acids is 1. The number of carbonyl (C=O) groups is 2. The van der Waals surface area contributed by atoms with Gasteiger partial charge in [0.05, 0.1) is 13.2 Å². The molecule has 0 saturated carbocycles. The van der Waals surface area contributed by atoms with Crippen LogP contribution in [0.2, 0.25) is 0 Å². The summed E-state index contributed by atoms with van der Waals surface area (Å²) in [7, 11) is 1.35. The lowest BCUT2D eigenvalue weighted by Gasteiger charge is -2.12. The molecule has 0 heterocycles. The van der Waals surface area contributed by atoms with E-state index in [1.54, 1.807) is 6.92 Å². The van der Waals surface area contributed by atoms with Gasteiger partial charge in [-0.15, -0.1) is 0 Å². The summed E-state index contributed by atoms with van der Waals surface area (Å²) >= 11 is 0. The van der Waals surface area contributed by atoms with Gasteiger partial charge < -0.3 is 19.9 Å². The third-order valence-corrected chi connectivity index (χ3v) is 1.20. The molecule has 0 aliphatic rings. The first-order valence-corrected chi connectivity index (χ1v) is 3.76. The maximum absolute atomic E-state index is 10.8. The molecule has 76 valence electrons. The molecule has 0 bridgehead atoms. The Morgan fingerprint density at radius 3 is 2.54 bits per heavy atom. The number of carbonyl (C=O) groups excluding carboxylic acids is 1. The van der Waals surface area contributed by atoms with Gasteiger partial charge in [-0.3, -0.25) is 0 Å². The van der Waals surface area contributed by atoms with Crippen molar-refractivity contribution < 1.29 is 24.2 Å². The van der Waals surface area contributed by atoms with Crippen molar-refractivity contribution in [3.63, 3.8) is 0 Å². The first-order chi connectivity index (χ1) is 6.11. The summed E-state index contributed by atoms with van der Waals surface area (Å²) in [6, 6.07) is -1.07. The van der Waals surface area contributed by atoms with Crippen LogP contribution in [0.15, 0.2) is 0 Å². The zero-order valence-electron chi connectivity index (χ0n) is 7.57. The molecule has 0 saturated heterocycles. The Labute approximate surface area is 75.8 Å². The zero-order valence-corrected chi connectivity index (χ0v) is 7.57. The lowest BCUT2D eigenvalue weighted by molar-refractivity contribution is -0.140. The van der Waals surface area contributed by atoms with E-state index in [4.69, 9.17) is 5.11 Å². The number of nitrogens with one attached hydrogen (secondary N) is 1. The van der Waals surface area contributed by atoms with E-state index in [-0.39, 0.29) is 13.2 Å². The van der Waals surface area contributed by atoms with E-state index in [0.717, 1.165) is 0 Å². The molecule has 6 nitrogen and oxygen atoms in total. The van der Waals surface area contributed by atoms with Crippen LogP contribution in [0.1, 0.15) is 6.92 Å². The van der Waals surface area contributed by atoms with Crippen LogP contribution in [0.4, 0.5) is 4.79 Å². The second-order valence-electron chi connectivity index (χ2n) is 2.21. The highest BCUT2D eigenvalue weighted by Crippen LogP contribution is 1.87. The molecule has 2 N–H and O–H groups in total. The van der Waals surface area contributed by atoms with Gasteiger partial charge in [0.25, 0.3) is 0 Å². The average Bonchev–Trinajstić information content (AvgIpc) is 2.04. The first-order valence-electron chi connectivity index (χ1n) is 3.76. The van der Waals surface area contributed by atoms with E-state index in [1.165, 1.54) is 7.11 Å². The number of hydrogen-bond donors (Lipinski definition) is 2. The standard InChI is InChI=1S/C7H13NO5/c1-3-13-7(11)8-5(4-12-2)6(9)10/h5H,3-4H2,1-2H3,(H,8,11)(H,9,10). The maximum Gasteiger partial charge on any atom is 0.407 e. The lowest BCUT2D eigenvalue weighted by Crippen LogP contribution is -2.44. The smallest absolute Gasteiger partial charge is 0.407 e. The molecule has 0 aliphatic carbocycles. The van der Waals surface area contributed by atoms with E-state index in [0.29, 0.717) is 0 Å². The van der Waals surface area contributed by atoms with E-state index >= 15 is 0 Å². The Morgan fingerprint density at radius 2 is 2.15 bits per heavy atom. The van der Waals surface area contributed by atoms with Crippen molar-refractivity contribution in [2.24, 2.45) is 0 Å². The third kappa shape index (κ3) is 5.02. The van der Waals surface area contributed by atoms with Gasteiger partial charge in [-0.05, 0) is 6.92 Å². The largest absolute Gasteiger partial charge is 0.480 e. The molecule has 1 atom stereocenters. The average molecular weight is 191 g/mol. The van der Waals surface area contributed by atoms with Crippen LogP contribution in [0.3, 0.4) is 0 Å². The Kier molecular flexibility index (Phi) is 5.62.